The minimum Gasteiger partial charge on any atom is -0.411 e. The van der Waals surface area contributed by atoms with Crippen LogP contribution in [0.3, 0.4) is 0 Å². The van der Waals surface area contributed by atoms with Gasteiger partial charge in [-0.3, -0.25) is 0 Å². The van der Waals surface area contributed by atoms with E-state index in [9.17, 15) is 0 Å². The average molecular weight is 208 g/mol. The topological polar surface area (TPSA) is 65.2 Å². The van der Waals surface area contributed by atoms with Crippen LogP contribution in [0.1, 0.15) is 32.1 Å². The van der Waals surface area contributed by atoms with Crippen molar-refractivity contribution in [3.8, 4) is 0 Å². The zero-order valence-corrected chi connectivity index (χ0v) is 8.63. The van der Waals surface area contributed by atoms with Gasteiger partial charge in [0.25, 0.3) is 0 Å². The van der Waals surface area contributed by atoms with Gasteiger partial charge in [-0.05, 0) is 43.9 Å². The van der Waals surface area contributed by atoms with Crippen molar-refractivity contribution < 1.29 is 10.4 Å². The van der Waals surface area contributed by atoms with Gasteiger partial charge in [-0.15, -0.1) is 0 Å². The van der Waals surface area contributed by atoms with Crippen molar-refractivity contribution in [1.29, 1.82) is 0 Å². The van der Waals surface area contributed by atoms with Crippen LogP contribution in [0, 0.1) is 23.7 Å². The predicted octanol–water partition coefficient (Wildman–Crippen LogP) is 2.10. The summed E-state index contributed by atoms with van der Waals surface area (Å²) in [6, 6.07) is 0. The molecule has 0 amide bonds. The molecule has 4 saturated carbocycles. The number of fused-ring (bicyclic) bond motifs is 1. The van der Waals surface area contributed by atoms with E-state index in [1.807, 2.05) is 0 Å². The van der Waals surface area contributed by atoms with Crippen molar-refractivity contribution in [1.82, 2.24) is 0 Å². The quantitative estimate of drug-likeness (QED) is 0.473. The Bertz CT molecular complexity index is 293. The van der Waals surface area contributed by atoms with Gasteiger partial charge in [0.1, 0.15) is 11.4 Å². The molecule has 0 radical (unpaired) electrons. The Kier molecular flexibility index (Phi) is 1.97. The van der Waals surface area contributed by atoms with Gasteiger partial charge in [0.2, 0.25) is 0 Å². The number of oxime groups is 2. The van der Waals surface area contributed by atoms with Gasteiger partial charge < -0.3 is 10.4 Å². The Morgan fingerprint density at radius 1 is 0.733 bits per heavy atom. The van der Waals surface area contributed by atoms with Gasteiger partial charge in [0.15, 0.2) is 0 Å². The highest BCUT2D eigenvalue weighted by molar-refractivity contribution is 6.43. The summed E-state index contributed by atoms with van der Waals surface area (Å²) in [5, 5.41) is 24.9. The van der Waals surface area contributed by atoms with E-state index in [0.29, 0.717) is 23.3 Å². The standard InChI is InChI=1S/C11H16N2O2/c14-12-10-8-2-6-1-7(4-8)5-9(3-6)11(10)13-15/h6-9,14-15H,1-5H2/b12-10-,13-11-. The SMILES string of the molecule is O/N=C1\C(=N/O)C2CC3CC(CC1C3)C2. The van der Waals surface area contributed by atoms with Crippen molar-refractivity contribution in [3.05, 3.63) is 0 Å². The van der Waals surface area contributed by atoms with Gasteiger partial charge >= 0.3 is 0 Å². The number of hydrogen-bond acceptors (Lipinski definition) is 4. The van der Waals surface area contributed by atoms with E-state index in [-0.39, 0.29) is 0 Å². The maximum Gasteiger partial charge on any atom is 0.108 e. The predicted molar refractivity (Wildman–Crippen MR) is 55.5 cm³/mol. The molecular weight excluding hydrogens is 192 g/mol. The fourth-order valence-electron chi connectivity index (χ4n) is 3.98. The van der Waals surface area contributed by atoms with Gasteiger partial charge in [0, 0.05) is 11.8 Å². The molecule has 0 atom stereocenters. The molecule has 4 rings (SSSR count). The summed E-state index contributed by atoms with van der Waals surface area (Å²) >= 11 is 0. The number of nitrogens with zero attached hydrogens (tertiary/aromatic N) is 2. The Morgan fingerprint density at radius 3 is 1.47 bits per heavy atom. The van der Waals surface area contributed by atoms with Gasteiger partial charge in [-0.2, -0.15) is 0 Å². The normalized spacial score (nSPS) is 48.8. The third-order valence-corrected chi connectivity index (χ3v) is 4.39. The fraction of sp³-hybridized carbons (Fsp3) is 0.818. The molecule has 4 heteroatoms. The van der Waals surface area contributed by atoms with Gasteiger partial charge in [-0.1, -0.05) is 10.3 Å². The monoisotopic (exact) mass is 208 g/mol. The van der Waals surface area contributed by atoms with Crippen LogP contribution in [0.4, 0.5) is 0 Å². The molecule has 4 fully saturated rings. The van der Waals surface area contributed by atoms with Crippen molar-refractivity contribution in [2.45, 2.75) is 32.1 Å². The molecule has 0 aromatic heterocycles. The Hall–Kier alpha value is -1.06. The molecule has 0 saturated heterocycles. The van der Waals surface area contributed by atoms with E-state index in [4.69, 9.17) is 10.4 Å². The largest absolute Gasteiger partial charge is 0.411 e. The van der Waals surface area contributed by atoms with Crippen molar-refractivity contribution in [3.63, 3.8) is 0 Å². The highest BCUT2D eigenvalue weighted by Crippen LogP contribution is 2.49. The first-order valence-corrected chi connectivity index (χ1v) is 5.76. The summed E-state index contributed by atoms with van der Waals surface area (Å²) in [4.78, 5) is 0. The Balaban J connectivity index is 2.06. The highest BCUT2D eigenvalue weighted by Gasteiger charge is 2.46. The summed E-state index contributed by atoms with van der Waals surface area (Å²) in [5.41, 5.74) is 1.32. The fourth-order valence-corrected chi connectivity index (χ4v) is 3.98. The van der Waals surface area contributed by atoms with Gasteiger partial charge in [-0.25, -0.2) is 0 Å². The first kappa shape index (κ1) is 9.19. The van der Waals surface area contributed by atoms with Gasteiger partial charge in [0.05, 0.1) is 0 Å². The summed E-state index contributed by atoms with van der Waals surface area (Å²) < 4.78 is 0. The van der Waals surface area contributed by atoms with Crippen molar-refractivity contribution in [2.75, 3.05) is 0 Å². The van der Waals surface area contributed by atoms with E-state index in [1.165, 1.54) is 6.42 Å². The molecule has 2 N–H and O–H groups in total. The molecule has 0 spiro atoms. The van der Waals surface area contributed by atoms with Crippen LogP contribution in [-0.2, 0) is 0 Å². The summed E-state index contributed by atoms with van der Waals surface area (Å²) in [7, 11) is 0. The van der Waals surface area contributed by atoms with E-state index >= 15 is 0 Å². The van der Waals surface area contributed by atoms with Crippen LogP contribution >= 0.6 is 0 Å². The lowest BCUT2D eigenvalue weighted by Crippen LogP contribution is -2.28. The maximum atomic E-state index is 9.06. The number of hydrogen-bond donors (Lipinski definition) is 2. The summed E-state index contributed by atoms with van der Waals surface area (Å²) in [5.74, 6) is 2.17. The molecule has 4 nitrogen and oxygen atoms in total. The Labute approximate surface area is 88.7 Å². The van der Waals surface area contributed by atoms with E-state index in [0.717, 1.165) is 37.5 Å². The average Bonchev–Trinajstić information content (AvgIpc) is 2.39. The first-order valence-electron chi connectivity index (χ1n) is 5.76. The molecule has 4 bridgehead atoms. The summed E-state index contributed by atoms with van der Waals surface area (Å²) in [6.45, 7) is 0. The molecule has 4 aliphatic carbocycles. The van der Waals surface area contributed by atoms with Crippen LogP contribution in [0.15, 0.2) is 10.3 Å². The second kappa shape index (κ2) is 3.22. The molecule has 0 unspecified atom stereocenters. The minimum absolute atomic E-state index is 0.331. The lowest BCUT2D eigenvalue weighted by molar-refractivity contribution is 0.152. The van der Waals surface area contributed by atoms with Crippen molar-refractivity contribution in [2.24, 2.45) is 34.0 Å². The third kappa shape index (κ3) is 1.27. The third-order valence-electron chi connectivity index (χ3n) is 4.39. The van der Waals surface area contributed by atoms with E-state index < -0.39 is 0 Å². The van der Waals surface area contributed by atoms with Crippen LogP contribution in [-0.4, -0.2) is 21.8 Å². The second-order valence-electron chi connectivity index (χ2n) is 5.27. The molecule has 0 aliphatic heterocycles. The molecule has 82 valence electrons. The van der Waals surface area contributed by atoms with E-state index in [2.05, 4.69) is 10.3 Å². The van der Waals surface area contributed by atoms with Crippen LogP contribution in [0.5, 0.6) is 0 Å². The zero-order valence-electron chi connectivity index (χ0n) is 8.63. The van der Waals surface area contributed by atoms with Crippen LogP contribution in [0.25, 0.3) is 0 Å². The van der Waals surface area contributed by atoms with E-state index in [1.54, 1.807) is 0 Å². The minimum atomic E-state index is 0.331. The van der Waals surface area contributed by atoms with Crippen LogP contribution < -0.4 is 0 Å². The molecule has 15 heavy (non-hydrogen) atoms. The molecule has 0 heterocycles. The molecular formula is C11H16N2O2. The highest BCUT2D eigenvalue weighted by atomic mass is 16.4. The molecule has 0 aromatic carbocycles. The first-order chi connectivity index (χ1) is 7.31. The smallest absolute Gasteiger partial charge is 0.108 e. The lowest BCUT2D eigenvalue weighted by atomic mass is 9.68. The van der Waals surface area contributed by atoms with Crippen LogP contribution in [0.2, 0.25) is 0 Å². The van der Waals surface area contributed by atoms with Crippen molar-refractivity contribution >= 4 is 11.4 Å². The second-order valence-corrected chi connectivity index (χ2v) is 5.27. The zero-order chi connectivity index (χ0) is 10.4. The lowest BCUT2D eigenvalue weighted by Gasteiger charge is -2.37. The summed E-state index contributed by atoms with van der Waals surface area (Å²) in [6.07, 6.45) is 5.79. The Morgan fingerprint density at radius 2 is 1.13 bits per heavy atom. The number of rotatable bonds is 0. The molecule has 0 aromatic rings. The molecule has 4 aliphatic rings. The maximum absolute atomic E-state index is 9.06.